The molecule has 0 fully saturated rings. The molecule has 144 valence electrons. The average Bonchev–Trinajstić information content (AvgIpc) is 2.70. The van der Waals surface area contributed by atoms with Crippen LogP contribution in [-0.4, -0.2) is 34.7 Å². The van der Waals surface area contributed by atoms with E-state index in [-0.39, 0.29) is 30.5 Å². The highest BCUT2D eigenvalue weighted by Gasteiger charge is 2.09. The van der Waals surface area contributed by atoms with Gasteiger partial charge < -0.3 is 15.4 Å². The number of nitrogens with zero attached hydrogens (tertiary/aromatic N) is 2. The summed E-state index contributed by atoms with van der Waals surface area (Å²) >= 11 is 0. The second kappa shape index (κ2) is 8.81. The van der Waals surface area contributed by atoms with Crippen LogP contribution in [0.25, 0.3) is 10.8 Å². The van der Waals surface area contributed by atoms with Gasteiger partial charge in [-0.25, -0.2) is 4.68 Å². The number of likely N-dealkylation sites (N-methyl/N-ethyl adjacent to an activating group) is 1. The van der Waals surface area contributed by atoms with Crippen molar-refractivity contribution in [3.05, 3.63) is 65.1 Å². The zero-order valence-corrected chi connectivity index (χ0v) is 15.3. The van der Waals surface area contributed by atoms with E-state index in [0.29, 0.717) is 23.4 Å². The first-order valence-electron chi connectivity index (χ1n) is 8.81. The number of aromatic nitrogens is 2. The third-order valence-electron chi connectivity index (χ3n) is 3.94. The number of anilines is 1. The molecule has 2 aromatic carbocycles. The Balaban J connectivity index is 1.60. The molecular formula is C20H20N4O4. The molecule has 0 aliphatic heterocycles. The van der Waals surface area contributed by atoms with Crippen molar-refractivity contribution in [2.45, 2.75) is 13.5 Å². The Bertz CT molecular complexity index is 1040. The van der Waals surface area contributed by atoms with Crippen LogP contribution in [0.1, 0.15) is 6.92 Å². The lowest BCUT2D eigenvalue weighted by Gasteiger charge is -2.09. The largest absolute Gasteiger partial charge is 0.484 e. The van der Waals surface area contributed by atoms with Crippen LogP contribution >= 0.6 is 0 Å². The van der Waals surface area contributed by atoms with Crippen LogP contribution in [0.15, 0.2) is 59.5 Å². The number of amides is 2. The molecule has 1 aromatic heterocycles. The van der Waals surface area contributed by atoms with Gasteiger partial charge in [-0.3, -0.25) is 14.4 Å². The molecule has 3 rings (SSSR count). The van der Waals surface area contributed by atoms with Gasteiger partial charge in [-0.2, -0.15) is 5.10 Å². The maximum Gasteiger partial charge on any atom is 0.275 e. The Hall–Kier alpha value is -3.68. The molecule has 1 heterocycles. The summed E-state index contributed by atoms with van der Waals surface area (Å²) in [5, 5.41) is 10.6. The van der Waals surface area contributed by atoms with Gasteiger partial charge in [0.25, 0.3) is 11.5 Å². The molecule has 0 aliphatic carbocycles. The molecule has 2 N–H and O–H groups in total. The summed E-state index contributed by atoms with van der Waals surface area (Å²) in [6, 6.07) is 13.7. The fourth-order valence-corrected chi connectivity index (χ4v) is 2.61. The van der Waals surface area contributed by atoms with Gasteiger partial charge >= 0.3 is 0 Å². The van der Waals surface area contributed by atoms with E-state index in [4.69, 9.17) is 4.74 Å². The minimum Gasteiger partial charge on any atom is -0.484 e. The smallest absolute Gasteiger partial charge is 0.275 e. The van der Waals surface area contributed by atoms with Gasteiger partial charge in [0.15, 0.2) is 6.61 Å². The molecule has 2 amide bonds. The van der Waals surface area contributed by atoms with E-state index < -0.39 is 0 Å². The molecule has 28 heavy (non-hydrogen) atoms. The van der Waals surface area contributed by atoms with Crippen molar-refractivity contribution in [1.82, 2.24) is 15.1 Å². The minimum atomic E-state index is -0.374. The lowest BCUT2D eigenvalue weighted by Crippen LogP contribution is -2.29. The highest BCUT2D eigenvalue weighted by molar-refractivity contribution is 5.90. The number of ether oxygens (including phenoxy) is 1. The Morgan fingerprint density at radius 2 is 1.82 bits per heavy atom. The number of nitrogens with one attached hydrogen (secondary N) is 2. The summed E-state index contributed by atoms with van der Waals surface area (Å²) < 4.78 is 6.48. The highest BCUT2D eigenvalue weighted by atomic mass is 16.5. The average molecular weight is 380 g/mol. The monoisotopic (exact) mass is 380 g/mol. The van der Waals surface area contributed by atoms with Crippen LogP contribution in [0.3, 0.4) is 0 Å². The normalized spacial score (nSPS) is 10.5. The van der Waals surface area contributed by atoms with Gasteiger partial charge in [0.05, 0.1) is 11.6 Å². The predicted molar refractivity (Wildman–Crippen MR) is 105 cm³/mol. The van der Waals surface area contributed by atoms with Gasteiger partial charge in [-0.1, -0.05) is 18.2 Å². The van der Waals surface area contributed by atoms with Crippen molar-refractivity contribution in [2.75, 3.05) is 18.5 Å². The fraction of sp³-hybridized carbons (Fsp3) is 0.200. The quantitative estimate of drug-likeness (QED) is 0.647. The first-order chi connectivity index (χ1) is 13.6. The lowest BCUT2D eigenvalue weighted by molar-refractivity contribution is -0.123. The fourth-order valence-electron chi connectivity index (χ4n) is 2.61. The standard InChI is InChI=1S/C20H20N4O4/c1-2-21-19(26)13-28-16-9-7-15(8-10-16)23-18(25)12-24-20(27)17-6-4-3-5-14(17)11-22-24/h3-11H,2,12-13H2,1H3,(H,21,26)(H,23,25). The maximum absolute atomic E-state index is 12.4. The van der Waals surface area contributed by atoms with E-state index >= 15 is 0 Å². The topological polar surface area (TPSA) is 102 Å². The zero-order chi connectivity index (χ0) is 19.9. The second-order valence-electron chi connectivity index (χ2n) is 6.01. The lowest BCUT2D eigenvalue weighted by atomic mass is 10.2. The first-order valence-corrected chi connectivity index (χ1v) is 8.81. The van der Waals surface area contributed by atoms with E-state index in [9.17, 15) is 14.4 Å². The van der Waals surface area contributed by atoms with E-state index in [0.717, 1.165) is 10.1 Å². The Kier molecular flexibility index (Phi) is 6.01. The zero-order valence-electron chi connectivity index (χ0n) is 15.3. The van der Waals surface area contributed by atoms with Crippen LogP contribution in [0.2, 0.25) is 0 Å². The molecule has 0 saturated carbocycles. The Morgan fingerprint density at radius 3 is 2.57 bits per heavy atom. The summed E-state index contributed by atoms with van der Waals surface area (Å²) in [4.78, 5) is 36.0. The van der Waals surface area contributed by atoms with Gasteiger partial charge in [0, 0.05) is 17.6 Å². The molecule has 0 saturated heterocycles. The molecule has 0 aliphatic rings. The molecule has 0 atom stereocenters. The van der Waals surface area contributed by atoms with E-state index in [1.165, 1.54) is 0 Å². The first kappa shape index (κ1) is 19.1. The molecule has 8 nitrogen and oxygen atoms in total. The van der Waals surface area contributed by atoms with Gasteiger partial charge in [-0.15, -0.1) is 0 Å². The molecule has 0 radical (unpaired) electrons. The number of carbonyl (C=O) groups excluding carboxylic acids is 2. The number of rotatable bonds is 7. The van der Waals surface area contributed by atoms with Crippen molar-refractivity contribution in [3.63, 3.8) is 0 Å². The summed E-state index contributed by atoms with van der Waals surface area (Å²) in [7, 11) is 0. The number of hydrogen-bond donors (Lipinski definition) is 2. The van der Waals surface area contributed by atoms with Crippen molar-refractivity contribution >= 4 is 28.3 Å². The summed E-state index contributed by atoms with van der Waals surface area (Å²) in [6.07, 6.45) is 1.56. The predicted octanol–water partition coefficient (Wildman–Crippen LogP) is 1.55. The van der Waals surface area contributed by atoms with Gasteiger partial charge in [0.2, 0.25) is 5.91 Å². The number of hydrogen-bond acceptors (Lipinski definition) is 5. The van der Waals surface area contributed by atoms with E-state index in [1.807, 2.05) is 13.0 Å². The van der Waals surface area contributed by atoms with Gasteiger partial charge in [0.1, 0.15) is 12.3 Å². The molecular weight excluding hydrogens is 360 g/mol. The van der Waals surface area contributed by atoms with Gasteiger partial charge in [-0.05, 0) is 37.3 Å². The summed E-state index contributed by atoms with van der Waals surface area (Å²) in [5.41, 5.74) is 0.228. The van der Waals surface area contributed by atoms with Crippen molar-refractivity contribution in [2.24, 2.45) is 0 Å². The molecule has 8 heteroatoms. The van der Waals surface area contributed by atoms with Crippen molar-refractivity contribution in [3.8, 4) is 5.75 Å². The minimum absolute atomic E-state index is 0.0733. The van der Waals surface area contributed by atoms with Crippen LogP contribution in [0.5, 0.6) is 5.75 Å². The van der Waals surface area contributed by atoms with Crippen molar-refractivity contribution in [1.29, 1.82) is 0 Å². The third-order valence-corrected chi connectivity index (χ3v) is 3.94. The number of fused-ring (bicyclic) bond motifs is 1. The molecule has 0 unspecified atom stereocenters. The summed E-state index contributed by atoms with van der Waals surface area (Å²) in [5.74, 6) is -0.0641. The van der Waals surface area contributed by atoms with Crippen LogP contribution in [0, 0.1) is 0 Å². The number of carbonyl (C=O) groups is 2. The third kappa shape index (κ3) is 4.73. The van der Waals surface area contributed by atoms with E-state index in [2.05, 4.69) is 15.7 Å². The molecule has 0 bridgehead atoms. The van der Waals surface area contributed by atoms with Crippen molar-refractivity contribution < 1.29 is 14.3 Å². The molecule has 0 spiro atoms. The van der Waals surface area contributed by atoms with Crippen LogP contribution in [0.4, 0.5) is 5.69 Å². The van der Waals surface area contributed by atoms with Crippen LogP contribution < -0.4 is 20.9 Å². The Morgan fingerprint density at radius 1 is 1.07 bits per heavy atom. The Labute approximate surface area is 161 Å². The number of benzene rings is 2. The SMILES string of the molecule is CCNC(=O)COc1ccc(NC(=O)Cn2ncc3ccccc3c2=O)cc1. The van der Waals surface area contributed by atoms with E-state index in [1.54, 1.807) is 48.7 Å². The van der Waals surface area contributed by atoms with Crippen LogP contribution in [-0.2, 0) is 16.1 Å². The molecule has 3 aromatic rings. The maximum atomic E-state index is 12.4. The second-order valence-corrected chi connectivity index (χ2v) is 6.01. The summed E-state index contributed by atoms with van der Waals surface area (Å²) in [6.45, 7) is 2.11. The highest BCUT2D eigenvalue weighted by Crippen LogP contribution is 2.15.